The number of aromatic nitrogens is 1. The normalized spacial score (nSPS) is 12.6. The lowest BCUT2D eigenvalue weighted by molar-refractivity contribution is -0.133. The summed E-state index contributed by atoms with van der Waals surface area (Å²) < 4.78 is 0. The Balaban J connectivity index is 3.13. The van der Waals surface area contributed by atoms with Gasteiger partial charge in [0, 0.05) is 11.8 Å². The Kier molecular flexibility index (Phi) is 3.32. The highest BCUT2D eigenvalue weighted by Gasteiger charge is 2.23. The van der Waals surface area contributed by atoms with E-state index in [4.69, 9.17) is 10.8 Å². The topological polar surface area (TPSA) is 76.2 Å². The number of rotatable bonds is 2. The van der Waals surface area contributed by atoms with Gasteiger partial charge in [-0.05, 0) is 29.2 Å². The molecule has 0 aliphatic heterocycles. The molecule has 0 spiro atoms. The summed E-state index contributed by atoms with van der Waals surface area (Å²) in [5.74, 6) is -0.492. The van der Waals surface area contributed by atoms with E-state index in [9.17, 15) is 4.79 Å². The van der Waals surface area contributed by atoms with E-state index in [1.807, 2.05) is 20.8 Å². The molecule has 0 radical (unpaired) electrons. The van der Waals surface area contributed by atoms with E-state index >= 15 is 0 Å². The molecule has 1 aromatic heterocycles. The zero-order valence-corrected chi connectivity index (χ0v) is 9.69. The first-order valence-electron chi connectivity index (χ1n) is 4.97. The summed E-state index contributed by atoms with van der Waals surface area (Å²) in [4.78, 5) is 15.0. The molecule has 0 atom stereocenters. The molecule has 4 heteroatoms. The average Bonchev–Trinajstić information content (AvgIpc) is 2.14. The van der Waals surface area contributed by atoms with Crippen LogP contribution in [0, 0.1) is 5.41 Å². The second-order valence-corrected chi connectivity index (χ2v) is 4.63. The first-order valence-corrected chi connectivity index (χ1v) is 4.97. The molecule has 0 unspecified atom stereocenters. The van der Waals surface area contributed by atoms with E-state index < -0.39 is 11.4 Å². The van der Waals surface area contributed by atoms with Crippen molar-refractivity contribution < 1.29 is 9.90 Å². The molecule has 0 aliphatic carbocycles. The maximum atomic E-state index is 11.1. The van der Waals surface area contributed by atoms with Gasteiger partial charge in [-0.1, -0.05) is 20.8 Å². The maximum Gasteiger partial charge on any atom is 0.332 e. The largest absolute Gasteiger partial charge is 0.478 e. The van der Waals surface area contributed by atoms with Gasteiger partial charge >= 0.3 is 5.97 Å². The summed E-state index contributed by atoms with van der Waals surface area (Å²) in [5.41, 5.74) is 6.13. The van der Waals surface area contributed by atoms with Crippen LogP contribution in [0.1, 0.15) is 26.3 Å². The SMILES string of the molecule is CC(C)(C)/C(=C\c1ccc(N)nc1)C(=O)O. The predicted octanol–water partition coefficient (Wildman–Crippen LogP) is 2.18. The minimum Gasteiger partial charge on any atom is -0.478 e. The van der Waals surface area contributed by atoms with Crippen molar-refractivity contribution in [3.63, 3.8) is 0 Å². The zero-order valence-electron chi connectivity index (χ0n) is 9.69. The highest BCUT2D eigenvalue weighted by molar-refractivity contribution is 5.93. The van der Waals surface area contributed by atoms with Gasteiger partial charge in [0.1, 0.15) is 5.82 Å². The second-order valence-electron chi connectivity index (χ2n) is 4.63. The van der Waals surface area contributed by atoms with Gasteiger partial charge < -0.3 is 10.8 Å². The Bertz CT molecular complexity index is 414. The molecule has 4 nitrogen and oxygen atoms in total. The molecule has 0 bridgehead atoms. The van der Waals surface area contributed by atoms with Gasteiger partial charge in [-0.3, -0.25) is 0 Å². The fourth-order valence-electron chi connectivity index (χ4n) is 1.27. The molecule has 1 rings (SSSR count). The zero-order chi connectivity index (χ0) is 12.3. The van der Waals surface area contributed by atoms with Crippen molar-refractivity contribution in [2.75, 3.05) is 5.73 Å². The number of nitrogens with two attached hydrogens (primary N) is 1. The molecule has 0 amide bonds. The highest BCUT2D eigenvalue weighted by atomic mass is 16.4. The first-order chi connectivity index (χ1) is 7.30. The van der Waals surface area contributed by atoms with Crippen LogP contribution in [0.15, 0.2) is 23.9 Å². The third-order valence-electron chi connectivity index (χ3n) is 2.16. The number of anilines is 1. The lowest BCUT2D eigenvalue weighted by Gasteiger charge is -2.19. The monoisotopic (exact) mass is 220 g/mol. The van der Waals surface area contributed by atoms with Crippen molar-refractivity contribution in [2.24, 2.45) is 5.41 Å². The van der Waals surface area contributed by atoms with Crippen LogP contribution in [0.3, 0.4) is 0 Å². The number of hydrogen-bond donors (Lipinski definition) is 2. The van der Waals surface area contributed by atoms with E-state index in [0.29, 0.717) is 11.4 Å². The number of aliphatic carboxylic acids is 1. The van der Waals surface area contributed by atoms with E-state index in [-0.39, 0.29) is 0 Å². The first kappa shape index (κ1) is 12.2. The third kappa shape index (κ3) is 3.08. The van der Waals surface area contributed by atoms with Crippen molar-refractivity contribution in [1.29, 1.82) is 0 Å². The third-order valence-corrected chi connectivity index (χ3v) is 2.16. The number of carboxylic acids is 1. The molecule has 1 heterocycles. The van der Waals surface area contributed by atoms with E-state index in [1.165, 1.54) is 0 Å². The smallest absolute Gasteiger partial charge is 0.332 e. The van der Waals surface area contributed by atoms with Crippen LogP contribution in [0.4, 0.5) is 5.82 Å². The molecule has 1 aromatic rings. The standard InChI is InChI=1S/C12H16N2O2/c1-12(2,3)9(11(15)16)6-8-4-5-10(13)14-7-8/h4-7H,1-3H3,(H2,13,14)(H,15,16)/b9-6-. The van der Waals surface area contributed by atoms with Gasteiger partial charge in [0.25, 0.3) is 0 Å². The van der Waals surface area contributed by atoms with Crippen LogP contribution in [-0.4, -0.2) is 16.1 Å². The van der Waals surface area contributed by atoms with Gasteiger partial charge in [-0.15, -0.1) is 0 Å². The van der Waals surface area contributed by atoms with Crippen molar-refractivity contribution in [1.82, 2.24) is 4.98 Å². The molecule has 0 fully saturated rings. The number of hydrogen-bond acceptors (Lipinski definition) is 3. The van der Waals surface area contributed by atoms with Crippen molar-refractivity contribution >= 4 is 17.9 Å². The Labute approximate surface area is 94.8 Å². The molecule has 16 heavy (non-hydrogen) atoms. The molecular weight excluding hydrogens is 204 g/mol. The van der Waals surface area contributed by atoms with Crippen LogP contribution in [-0.2, 0) is 4.79 Å². The number of nitrogen functional groups attached to an aromatic ring is 1. The summed E-state index contributed by atoms with van der Waals surface area (Å²) >= 11 is 0. The summed E-state index contributed by atoms with van der Waals surface area (Å²) in [6.07, 6.45) is 3.18. The van der Waals surface area contributed by atoms with Gasteiger partial charge in [-0.25, -0.2) is 9.78 Å². The fourth-order valence-corrected chi connectivity index (χ4v) is 1.27. The van der Waals surface area contributed by atoms with E-state index in [1.54, 1.807) is 24.4 Å². The Morgan fingerprint density at radius 1 is 1.44 bits per heavy atom. The van der Waals surface area contributed by atoms with Crippen LogP contribution in [0.2, 0.25) is 0 Å². The summed E-state index contributed by atoms with van der Waals surface area (Å²) in [7, 11) is 0. The van der Waals surface area contributed by atoms with Crippen LogP contribution < -0.4 is 5.73 Å². The predicted molar refractivity (Wildman–Crippen MR) is 63.7 cm³/mol. The van der Waals surface area contributed by atoms with Gasteiger partial charge in [-0.2, -0.15) is 0 Å². The fraction of sp³-hybridized carbons (Fsp3) is 0.333. The summed E-state index contributed by atoms with van der Waals surface area (Å²) in [6.45, 7) is 5.58. The average molecular weight is 220 g/mol. The number of pyridine rings is 1. The minimum atomic E-state index is -0.913. The van der Waals surface area contributed by atoms with Gasteiger partial charge in [0.2, 0.25) is 0 Å². The highest BCUT2D eigenvalue weighted by Crippen LogP contribution is 2.27. The van der Waals surface area contributed by atoms with Crippen LogP contribution in [0.5, 0.6) is 0 Å². The van der Waals surface area contributed by atoms with Crippen molar-refractivity contribution in [3.8, 4) is 0 Å². The minimum absolute atomic E-state index is 0.346. The second kappa shape index (κ2) is 4.35. The molecule has 0 saturated carbocycles. The molecule has 0 aliphatic rings. The quantitative estimate of drug-likeness (QED) is 0.749. The molecule has 86 valence electrons. The van der Waals surface area contributed by atoms with Crippen LogP contribution >= 0.6 is 0 Å². The van der Waals surface area contributed by atoms with E-state index in [0.717, 1.165) is 5.56 Å². The molecule has 0 saturated heterocycles. The lowest BCUT2D eigenvalue weighted by Crippen LogP contribution is -2.17. The van der Waals surface area contributed by atoms with Crippen molar-refractivity contribution in [3.05, 3.63) is 29.5 Å². The van der Waals surface area contributed by atoms with Gasteiger partial charge in [0.15, 0.2) is 0 Å². The maximum absolute atomic E-state index is 11.1. The molecule has 3 N–H and O–H groups in total. The molecule has 0 aromatic carbocycles. The van der Waals surface area contributed by atoms with E-state index in [2.05, 4.69) is 4.98 Å². The number of nitrogens with zero attached hydrogens (tertiary/aromatic N) is 1. The Hall–Kier alpha value is -1.84. The van der Waals surface area contributed by atoms with Gasteiger partial charge in [0.05, 0.1) is 0 Å². The molecular formula is C12H16N2O2. The van der Waals surface area contributed by atoms with Crippen LogP contribution in [0.25, 0.3) is 6.08 Å². The van der Waals surface area contributed by atoms with Crippen molar-refractivity contribution in [2.45, 2.75) is 20.8 Å². The Morgan fingerprint density at radius 3 is 2.44 bits per heavy atom. The lowest BCUT2D eigenvalue weighted by atomic mass is 9.85. The summed E-state index contributed by atoms with van der Waals surface area (Å²) in [5, 5.41) is 9.11. The Morgan fingerprint density at radius 2 is 2.06 bits per heavy atom. The number of carbonyl (C=O) groups is 1. The summed E-state index contributed by atoms with van der Waals surface area (Å²) in [6, 6.07) is 3.39. The number of carboxylic acid groups (broad SMARTS) is 1.